The number of carbonyl (C=O) groups is 1. The van der Waals surface area contributed by atoms with Gasteiger partial charge in [-0.15, -0.1) is 0 Å². The molecular formula is C20H14Cl2N2O3S. The fourth-order valence-corrected chi connectivity index (χ4v) is 5.04. The van der Waals surface area contributed by atoms with Crippen molar-refractivity contribution < 1.29 is 13.2 Å². The molecule has 0 fully saturated rings. The smallest absolute Gasteiger partial charge is 0.287 e. The van der Waals surface area contributed by atoms with Crippen molar-refractivity contribution in [3.8, 4) is 0 Å². The first-order valence-electron chi connectivity index (χ1n) is 8.34. The first-order chi connectivity index (χ1) is 13.4. The van der Waals surface area contributed by atoms with Crippen molar-refractivity contribution in [3.63, 3.8) is 0 Å². The molecule has 0 bridgehead atoms. The third-order valence-electron chi connectivity index (χ3n) is 4.37. The molecule has 3 aromatic carbocycles. The van der Waals surface area contributed by atoms with Crippen molar-refractivity contribution in [1.82, 2.24) is 0 Å². The lowest BCUT2D eigenvalue weighted by atomic mass is 10.2. The minimum Gasteiger partial charge on any atom is -0.287 e. The van der Waals surface area contributed by atoms with Crippen molar-refractivity contribution in [2.24, 2.45) is 0 Å². The number of amides is 2. The number of urea groups is 1. The van der Waals surface area contributed by atoms with Gasteiger partial charge < -0.3 is 0 Å². The van der Waals surface area contributed by atoms with Gasteiger partial charge in [0.25, 0.3) is 10.0 Å². The maximum absolute atomic E-state index is 13.3. The van der Waals surface area contributed by atoms with Crippen molar-refractivity contribution in [2.45, 2.75) is 11.4 Å². The van der Waals surface area contributed by atoms with Gasteiger partial charge in [-0.2, -0.15) is 4.31 Å². The highest BCUT2D eigenvalue weighted by atomic mass is 35.5. The maximum Gasteiger partial charge on any atom is 0.343 e. The van der Waals surface area contributed by atoms with Gasteiger partial charge in [0.1, 0.15) is 4.90 Å². The third-order valence-corrected chi connectivity index (χ3v) is 6.61. The van der Waals surface area contributed by atoms with Gasteiger partial charge in [-0.05, 0) is 54.1 Å². The highest BCUT2D eigenvalue weighted by Crippen LogP contribution is 2.38. The molecule has 142 valence electrons. The Labute approximate surface area is 172 Å². The molecular weight excluding hydrogens is 419 g/mol. The van der Waals surface area contributed by atoms with Gasteiger partial charge in [-0.25, -0.2) is 13.2 Å². The Morgan fingerprint density at radius 1 is 0.821 bits per heavy atom. The predicted molar refractivity (Wildman–Crippen MR) is 111 cm³/mol. The van der Waals surface area contributed by atoms with Crippen LogP contribution in [-0.4, -0.2) is 14.4 Å². The van der Waals surface area contributed by atoms with Crippen LogP contribution in [0.25, 0.3) is 0 Å². The van der Waals surface area contributed by atoms with Crippen molar-refractivity contribution in [1.29, 1.82) is 0 Å². The minimum atomic E-state index is -4.06. The number of anilines is 2. The van der Waals surface area contributed by atoms with Crippen molar-refractivity contribution in [2.75, 3.05) is 9.21 Å². The Bertz CT molecular complexity index is 1160. The van der Waals surface area contributed by atoms with Crippen LogP contribution in [0.15, 0.2) is 77.7 Å². The molecule has 0 saturated carbocycles. The first-order valence-corrected chi connectivity index (χ1v) is 10.5. The Kier molecular flexibility index (Phi) is 4.79. The SMILES string of the molecule is O=C1N(Cc2cccc(Cl)c2)c2ccccc2S(=O)(=O)N1c1ccc(Cl)cc1. The molecule has 5 nitrogen and oxygen atoms in total. The summed E-state index contributed by atoms with van der Waals surface area (Å²) in [5.74, 6) is 0. The highest BCUT2D eigenvalue weighted by molar-refractivity contribution is 7.94. The van der Waals surface area contributed by atoms with Crippen LogP contribution in [-0.2, 0) is 16.6 Å². The average molecular weight is 433 g/mol. The fourth-order valence-electron chi connectivity index (χ4n) is 3.11. The Morgan fingerprint density at radius 3 is 2.25 bits per heavy atom. The van der Waals surface area contributed by atoms with Gasteiger partial charge in [-0.3, -0.25) is 4.90 Å². The second-order valence-electron chi connectivity index (χ2n) is 6.21. The van der Waals surface area contributed by atoms with Crippen LogP contribution in [0.5, 0.6) is 0 Å². The lowest BCUT2D eigenvalue weighted by molar-refractivity contribution is 0.253. The molecule has 28 heavy (non-hydrogen) atoms. The number of fused-ring (bicyclic) bond motifs is 1. The monoisotopic (exact) mass is 432 g/mol. The van der Waals surface area contributed by atoms with Crippen LogP contribution < -0.4 is 9.21 Å². The minimum absolute atomic E-state index is 0.0616. The van der Waals surface area contributed by atoms with E-state index in [-0.39, 0.29) is 17.1 Å². The van der Waals surface area contributed by atoms with E-state index in [1.165, 1.54) is 23.1 Å². The zero-order valence-corrected chi connectivity index (χ0v) is 16.7. The largest absolute Gasteiger partial charge is 0.343 e. The maximum atomic E-state index is 13.3. The summed E-state index contributed by atoms with van der Waals surface area (Å²) in [4.78, 5) is 14.8. The number of para-hydroxylation sites is 1. The summed E-state index contributed by atoms with van der Waals surface area (Å²) >= 11 is 12.0. The molecule has 8 heteroatoms. The number of rotatable bonds is 3. The van der Waals surface area contributed by atoms with Crippen molar-refractivity contribution in [3.05, 3.63) is 88.4 Å². The van der Waals surface area contributed by atoms with Crippen LogP contribution in [0, 0.1) is 0 Å². The molecule has 0 saturated heterocycles. The van der Waals surface area contributed by atoms with Gasteiger partial charge in [0.2, 0.25) is 0 Å². The van der Waals surface area contributed by atoms with E-state index in [4.69, 9.17) is 23.2 Å². The van der Waals surface area contributed by atoms with E-state index in [0.717, 1.165) is 9.87 Å². The summed E-state index contributed by atoms with van der Waals surface area (Å²) in [5.41, 5.74) is 1.34. The standard InChI is InChI=1S/C20H14Cl2N2O3S/c21-15-8-10-17(11-9-15)24-20(25)23(13-14-4-3-5-16(22)12-14)18-6-1-2-7-19(18)28(24,26)27/h1-12H,13H2. The van der Waals surface area contributed by atoms with E-state index in [9.17, 15) is 13.2 Å². The van der Waals surface area contributed by atoms with E-state index in [0.29, 0.717) is 15.7 Å². The van der Waals surface area contributed by atoms with E-state index >= 15 is 0 Å². The normalized spacial score (nSPS) is 15.4. The van der Waals surface area contributed by atoms with Crippen LogP contribution in [0.4, 0.5) is 16.2 Å². The molecule has 0 unspecified atom stereocenters. The van der Waals surface area contributed by atoms with E-state index in [2.05, 4.69) is 0 Å². The topological polar surface area (TPSA) is 57.7 Å². The zero-order chi connectivity index (χ0) is 19.9. The second-order valence-corrected chi connectivity index (χ2v) is 8.84. The Hall–Kier alpha value is -2.54. The number of carbonyl (C=O) groups excluding carboxylic acids is 1. The first kappa shape index (κ1) is 18.8. The number of benzene rings is 3. The van der Waals surface area contributed by atoms with E-state index < -0.39 is 16.1 Å². The quantitative estimate of drug-likeness (QED) is 0.561. The molecule has 2 amide bonds. The number of sulfonamides is 1. The van der Waals surface area contributed by atoms with Crippen molar-refractivity contribution >= 4 is 50.6 Å². The number of hydrogen-bond acceptors (Lipinski definition) is 3. The Morgan fingerprint density at radius 2 is 1.54 bits per heavy atom. The average Bonchev–Trinajstić information content (AvgIpc) is 2.67. The van der Waals surface area contributed by atoms with E-state index in [1.54, 1.807) is 48.5 Å². The summed E-state index contributed by atoms with van der Waals surface area (Å²) in [6.07, 6.45) is 0. The number of nitrogens with zero attached hydrogens (tertiary/aromatic N) is 2. The molecule has 0 radical (unpaired) electrons. The summed E-state index contributed by atoms with van der Waals surface area (Å²) in [5, 5.41) is 0.985. The van der Waals surface area contributed by atoms with Crippen LogP contribution in [0.1, 0.15) is 5.56 Å². The molecule has 3 aromatic rings. The van der Waals surface area contributed by atoms with Crippen LogP contribution in [0.2, 0.25) is 10.0 Å². The lowest BCUT2D eigenvalue weighted by Gasteiger charge is -2.36. The fraction of sp³-hybridized carbons (Fsp3) is 0.0500. The lowest BCUT2D eigenvalue weighted by Crippen LogP contribution is -2.50. The number of hydrogen-bond donors (Lipinski definition) is 0. The molecule has 0 N–H and O–H groups in total. The van der Waals surface area contributed by atoms with Gasteiger partial charge in [0.15, 0.2) is 0 Å². The number of halogens is 2. The zero-order valence-electron chi connectivity index (χ0n) is 14.4. The van der Waals surface area contributed by atoms with Gasteiger partial charge in [0.05, 0.1) is 17.9 Å². The molecule has 0 aliphatic carbocycles. The van der Waals surface area contributed by atoms with Gasteiger partial charge in [0, 0.05) is 10.0 Å². The van der Waals surface area contributed by atoms with Crippen LogP contribution in [0.3, 0.4) is 0 Å². The summed E-state index contributed by atoms with van der Waals surface area (Å²) in [6.45, 7) is 0.177. The Balaban J connectivity index is 1.86. The molecule has 4 rings (SSSR count). The van der Waals surface area contributed by atoms with Crippen LogP contribution >= 0.6 is 23.2 Å². The molecule has 0 spiro atoms. The molecule has 1 heterocycles. The van der Waals surface area contributed by atoms with Gasteiger partial charge in [-0.1, -0.05) is 47.5 Å². The molecule has 1 aliphatic heterocycles. The second kappa shape index (κ2) is 7.13. The van der Waals surface area contributed by atoms with E-state index in [1.807, 2.05) is 6.07 Å². The summed E-state index contributed by atoms with van der Waals surface area (Å²) in [6, 6.07) is 19.0. The summed E-state index contributed by atoms with van der Waals surface area (Å²) < 4.78 is 27.2. The molecule has 0 atom stereocenters. The molecule has 0 aromatic heterocycles. The summed E-state index contributed by atoms with van der Waals surface area (Å²) in [7, 11) is -4.06. The predicted octanol–water partition coefficient (Wildman–Crippen LogP) is 5.33. The third kappa shape index (κ3) is 3.24. The van der Waals surface area contributed by atoms with Gasteiger partial charge >= 0.3 is 6.03 Å². The highest BCUT2D eigenvalue weighted by Gasteiger charge is 2.42. The molecule has 1 aliphatic rings.